The molecular formula is C16H34ClOP. The van der Waals surface area contributed by atoms with E-state index in [2.05, 4.69) is 6.92 Å². The molecule has 116 valence electrons. The van der Waals surface area contributed by atoms with E-state index in [-0.39, 0.29) is 0 Å². The molecule has 0 aliphatic heterocycles. The minimum Gasteiger partial charge on any atom is -0.396 e. The van der Waals surface area contributed by atoms with Crippen LogP contribution in [0.2, 0.25) is 0 Å². The highest BCUT2D eigenvalue weighted by Crippen LogP contribution is 2.30. The SMILES string of the molecule is CCCCCCCCCCCCCC(CCO)PCl. The Bertz CT molecular complexity index is 167. The van der Waals surface area contributed by atoms with Gasteiger partial charge in [-0.15, -0.1) is 0 Å². The first-order valence-electron chi connectivity index (χ1n) is 8.32. The van der Waals surface area contributed by atoms with E-state index in [4.69, 9.17) is 16.3 Å². The van der Waals surface area contributed by atoms with Crippen LogP contribution in [0.5, 0.6) is 0 Å². The second kappa shape index (κ2) is 16.7. The van der Waals surface area contributed by atoms with Crippen LogP contribution in [-0.4, -0.2) is 17.4 Å². The summed E-state index contributed by atoms with van der Waals surface area (Å²) >= 11 is 5.90. The number of hydrogen-bond acceptors (Lipinski definition) is 1. The summed E-state index contributed by atoms with van der Waals surface area (Å²) in [6.45, 7) is 2.57. The molecule has 0 aromatic rings. The minimum absolute atomic E-state index is 0.294. The van der Waals surface area contributed by atoms with E-state index >= 15 is 0 Å². The Kier molecular flexibility index (Phi) is 17.3. The molecule has 0 saturated carbocycles. The van der Waals surface area contributed by atoms with Gasteiger partial charge in [-0.25, -0.2) is 0 Å². The van der Waals surface area contributed by atoms with Crippen molar-refractivity contribution in [1.29, 1.82) is 0 Å². The first-order chi connectivity index (χ1) is 9.35. The molecule has 0 aliphatic rings. The molecule has 0 saturated heterocycles. The molecule has 0 aliphatic carbocycles. The van der Waals surface area contributed by atoms with Gasteiger partial charge in [0.2, 0.25) is 0 Å². The van der Waals surface area contributed by atoms with Crippen molar-refractivity contribution in [2.75, 3.05) is 6.61 Å². The summed E-state index contributed by atoms with van der Waals surface area (Å²) < 4.78 is 0. The van der Waals surface area contributed by atoms with Crippen LogP contribution in [0.4, 0.5) is 0 Å². The predicted molar refractivity (Wildman–Crippen MR) is 90.7 cm³/mol. The van der Waals surface area contributed by atoms with Crippen molar-refractivity contribution < 1.29 is 5.11 Å². The van der Waals surface area contributed by atoms with Crippen molar-refractivity contribution in [2.45, 2.75) is 96.1 Å². The van der Waals surface area contributed by atoms with Crippen LogP contribution in [0.3, 0.4) is 0 Å². The highest BCUT2D eigenvalue weighted by atomic mass is 35.7. The summed E-state index contributed by atoms with van der Waals surface area (Å²) in [5.41, 5.74) is 0.560. The molecule has 0 amide bonds. The van der Waals surface area contributed by atoms with Gasteiger partial charge in [-0.05, 0) is 26.4 Å². The molecule has 0 radical (unpaired) electrons. The summed E-state index contributed by atoms with van der Waals surface area (Å²) in [6.07, 6.45) is 17.4. The monoisotopic (exact) mass is 308 g/mol. The predicted octanol–water partition coefficient (Wildman–Crippen LogP) is 6.27. The third-order valence-electron chi connectivity index (χ3n) is 3.79. The maximum absolute atomic E-state index is 8.89. The van der Waals surface area contributed by atoms with Gasteiger partial charge in [0.25, 0.3) is 0 Å². The first-order valence-corrected chi connectivity index (χ1v) is 10.4. The van der Waals surface area contributed by atoms with E-state index < -0.39 is 0 Å². The summed E-state index contributed by atoms with van der Waals surface area (Å²) in [6, 6.07) is 0. The third kappa shape index (κ3) is 14.9. The van der Waals surface area contributed by atoms with Crippen LogP contribution in [0.25, 0.3) is 0 Å². The highest BCUT2D eigenvalue weighted by molar-refractivity contribution is 7.69. The van der Waals surface area contributed by atoms with Crippen LogP contribution in [0, 0.1) is 0 Å². The molecule has 3 heteroatoms. The van der Waals surface area contributed by atoms with Gasteiger partial charge < -0.3 is 5.11 Å². The number of halogens is 1. The summed E-state index contributed by atoms with van der Waals surface area (Å²) in [4.78, 5) is 0. The molecule has 2 unspecified atom stereocenters. The van der Waals surface area contributed by atoms with Crippen LogP contribution >= 0.6 is 19.2 Å². The zero-order valence-electron chi connectivity index (χ0n) is 12.8. The average molecular weight is 309 g/mol. The van der Waals surface area contributed by atoms with Crippen molar-refractivity contribution in [3.8, 4) is 0 Å². The van der Waals surface area contributed by atoms with Crippen LogP contribution in [0.15, 0.2) is 0 Å². The van der Waals surface area contributed by atoms with Gasteiger partial charge >= 0.3 is 0 Å². The molecule has 0 aromatic carbocycles. The fourth-order valence-corrected chi connectivity index (χ4v) is 3.67. The summed E-state index contributed by atoms with van der Waals surface area (Å²) in [5, 5.41) is 8.89. The van der Waals surface area contributed by atoms with E-state index in [9.17, 15) is 0 Å². The van der Waals surface area contributed by atoms with Crippen molar-refractivity contribution in [3.63, 3.8) is 0 Å². The number of hydrogen-bond donors (Lipinski definition) is 1. The summed E-state index contributed by atoms with van der Waals surface area (Å²) in [5.74, 6) is 0. The minimum atomic E-state index is 0.294. The van der Waals surface area contributed by atoms with Gasteiger partial charge in [-0.3, -0.25) is 0 Å². The smallest absolute Gasteiger partial charge is 0.0437 e. The van der Waals surface area contributed by atoms with Gasteiger partial charge in [-0.1, -0.05) is 88.8 Å². The molecule has 0 rings (SSSR count). The van der Waals surface area contributed by atoms with Crippen molar-refractivity contribution in [1.82, 2.24) is 0 Å². The van der Waals surface area contributed by atoms with E-state index in [0.29, 0.717) is 20.2 Å². The lowest BCUT2D eigenvalue weighted by Crippen LogP contribution is -2.02. The molecule has 2 atom stereocenters. The van der Waals surface area contributed by atoms with Crippen molar-refractivity contribution in [3.05, 3.63) is 0 Å². The summed E-state index contributed by atoms with van der Waals surface area (Å²) in [7, 11) is 0.480. The fourth-order valence-electron chi connectivity index (χ4n) is 2.46. The van der Waals surface area contributed by atoms with Gasteiger partial charge in [-0.2, -0.15) is 0 Å². The lowest BCUT2D eigenvalue weighted by Gasteiger charge is -2.11. The standard InChI is InChI=1S/C16H34ClOP/c1-2-3-4-5-6-7-8-9-10-11-12-13-16(19-17)14-15-18/h16,18-19H,2-15H2,1H3. The Balaban J connectivity index is 3.09. The van der Waals surface area contributed by atoms with Gasteiger partial charge in [0.1, 0.15) is 0 Å². The Morgan fingerprint density at radius 1 is 0.789 bits per heavy atom. The molecule has 1 nitrogen and oxygen atoms in total. The number of rotatable bonds is 15. The molecule has 0 heterocycles. The van der Waals surface area contributed by atoms with Gasteiger partial charge in [0, 0.05) is 6.61 Å². The second-order valence-corrected chi connectivity index (χ2v) is 7.33. The topological polar surface area (TPSA) is 20.2 Å². The van der Waals surface area contributed by atoms with Crippen LogP contribution in [-0.2, 0) is 0 Å². The van der Waals surface area contributed by atoms with Crippen molar-refractivity contribution >= 4 is 19.2 Å². The number of aliphatic hydroxyl groups is 1. The maximum Gasteiger partial charge on any atom is 0.0437 e. The van der Waals surface area contributed by atoms with Crippen LogP contribution in [0.1, 0.15) is 90.4 Å². The van der Waals surface area contributed by atoms with E-state index in [1.54, 1.807) is 0 Å². The Morgan fingerprint density at radius 3 is 1.68 bits per heavy atom. The van der Waals surface area contributed by atoms with E-state index in [0.717, 1.165) is 6.42 Å². The quantitative estimate of drug-likeness (QED) is 0.279. The largest absolute Gasteiger partial charge is 0.396 e. The zero-order valence-corrected chi connectivity index (χ0v) is 14.6. The van der Waals surface area contributed by atoms with Gasteiger partial charge in [0.05, 0.1) is 0 Å². The van der Waals surface area contributed by atoms with E-state index in [1.807, 2.05) is 0 Å². The fraction of sp³-hybridized carbons (Fsp3) is 1.00. The third-order valence-corrected chi connectivity index (χ3v) is 5.60. The molecule has 0 spiro atoms. The lowest BCUT2D eigenvalue weighted by atomic mass is 10.0. The Hall–Kier alpha value is 0.680. The maximum atomic E-state index is 8.89. The van der Waals surface area contributed by atoms with Crippen LogP contribution < -0.4 is 0 Å². The normalized spacial score (nSPS) is 13.4. The average Bonchev–Trinajstić information content (AvgIpc) is 2.43. The number of aliphatic hydroxyl groups excluding tert-OH is 1. The number of unbranched alkanes of at least 4 members (excludes halogenated alkanes) is 10. The molecule has 0 fully saturated rings. The molecule has 19 heavy (non-hydrogen) atoms. The molecular weight excluding hydrogens is 275 g/mol. The Morgan fingerprint density at radius 2 is 1.26 bits per heavy atom. The zero-order chi connectivity index (χ0) is 14.2. The van der Waals surface area contributed by atoms with Gasteiger partial charge in [0.15, 0.2) is 0 Å². The molecule has 1 N–H and O–H groups in total. The lowest BCUT2D eigenvalue weighted by molar-refractivity contribution is 0.284. The van der Waals surface area contributed by atoms with E-state index in [1.165, 1.54) is 77.0 Å². The molecule has 0 bridgehead atoms. The second-order valence-electron chi connectivity index (χ2n) is 5.64. The highest BCUT2D eigenvalue weighted by Gasteiger charge is 2.05. The Labute approximate surface area is 127 Å². The van der Waals surface area contributed by atoms with Crippen molar-refractivity contribution in [2.24, 2.45) is 0 Å². The molecule has 0 aromatic heterocycles. The first kappa shape index (κ1) is 19.7.